The standard InChI is InChI=1S/C24H28N2O2/c1-19(22-14-8-12-21-11-6-7-13-23(21)22)25-24(27)18-26(15-16-28-2)17-20-9-4-3-5-10-20/h3-14,19H,15-18H2,1-2H3,(H,25,27). The van der Waals surface area contributed by atoms with E-state index >= 15 is 0 Å². The van der Waals surface area contributed by atoms with Crippen molar-refractivity contribution < 1.29 is 9.53 Å². The Morgan fingerprint density at radius 2 is 1.71 bits per heavy atom. The molecule has 1 unspecified atom stereocenters. The van der Waals surface area contributed by atoms with Crippen LogP contribution in [0.1, 0.15) is 24.1 Å². The Labute approximate surface area is 167 Å². The number of rotatable bonds is 9. The summed E-state index contributed by atoms with van der Waals surface area (Å²) >= 11 is 0. The fourth-order valence-corrected chi connectivity index (χ4v) is 3.47. The Bertz CT molecular complexity index is 890. The molecule has 0 spiro atoms. The van der Waals surface area contributed by atoms with E-state index in [1.165, 1.54) is 16.3 Å². The van der Waals surface area contributed by atoms with Gasteiger partial charge in [0.25, 0.3) is 0 Å². The summed E-state index contributed by atoms with van der Waals surface area (Å²) in [7, 11) is 1.68. The van der Waals surface area contributed by atoms with Gasteiger partial charge < -0.3 is 10.1 Å². The highest BCUT2D eigenvalue weighted by Crippen LogP contribution is 2.24. The molecule has 0 bridgehead atoms. The lowest BCUT2D eigenvalue weighted by Crippen LogP contribution is -2.39. The molecule has 4 nitrogen and oxygen atoms in total. The van der Waals surface area contributed by atoms with Gasteiger partial charge in [0.1, 0.15) is 0 Å². The van der Waals surface area contributed by atoms with Gasteiger partial charge in [-0.25, -0.2) is 0 Å². The van der Waals surface area contributed by atoms with E-state index in [4.69, 9.17) is 4.74 Å². The van der Waals surface area contributed by atoms with Crippen molar-refractivity contribution >= 4 is 16.7 Å². The van der Waals surface area contributed by atoms with Gasteiger partial charge in [0, 0.05) is 20.2 Å². The van der Waals surface area contributed by atoms with E-state index in [2.05, 4.69) is 46.6 Å². The van der Waals surface area contributed by atoms with Crippen molar-refractivity contribution in [1.29, 1.82) is 0 Å². The maximum Gasteiger partial charge on any atom is 0.234 e. The number of amides is 1. The monoisotopic (exact) mass is 376 g/mol. The normalized spacial score (nSPS) is 12.2. The highest BCUT2D eigenvalue weighted by atomic mass is 16.5. The van der Waals surface area contributed by atoms with Crippen LogP contribution in [-0.4, -0.2) is 37.6 Å². The van der Waals surface area contributed by atoms with Crippen LogP contribution in [0.15, 0.2) is 72.8 Å². The summed E-state index contributed by atoms with van der Waals surface area (Å²) in [5, 5.41) is 5.53. The number of ether oxygens (including phenoxy) is 1. The van der Waals surface area contributed by atoms with Gasteiger partial charge >= 0.3 is 0 Å². The third-order valence-corrected chi connectivity index (χ3v) is 4.90. The topological polar surface area (TPSA) is 41.6 Å². The molecular weight excluding hydrogens is 348 g/mol. The molecular formula is C24H28N2O2. The van der Waals surface area contributed by atoms with E-state index in [9.17, 15) is 4.79 Å². The number of nitrogens with one attached hydrogen (secondary N) is 1. The molecule has 4 heteroatoms. The van der Waals surface area contributed by atoms with Crippen molar-refractivity contribution in [3.05, 3.63) is 83.9 Å². The van der Waals surface area contributed by atoms with E-state index in [1.807, 2.05) is 43.3 Å². The first kappa shape index (κ1) is 20.1. The maximum atomic E-state index is 12.7. The Morgan fingerprint density at radius 3 is 2.50 bits per heavy atom. The SMILES string of the molecule is COCCN(CC(=O)NC(C)c1cccc2ccccc12)Cc1ccccc1. The van der Waals surface area contributed by atoms with E-state index < -0.39 is 0 Å². The van der Waals surface area contributed by atoms with Gasteiger partial charge in [-0.3, -0.25) is 9.69 Å². The van der Waals surface area contributed by atoms with Crippen LogP contribution < -0.4 is 5.32 Å². The third-order valence-electron chi connectivity index (χ3n) is 4.90. The van der Waals surface area contributed by atoms with Crippen molar-refractivity contribution in [1.82, 2.24) is 10.2 Å². The molecule has 0 heterocycles. The van der Waals surface area contributed by atoms with Gasteiger partial charge in [0.2, 0.25) is 5.91 Å². The Hall–Kier alpha value is -2.69. The molecule has 3 aromatic rings. The second-order valence-electron chi connectivity index (χ2n) is 7.05. The van der Waals surface area contributed by atoms with Gasteiger partial charge in [-0.15, -0.1) is 0 Å². The zero-order chi connectivity index (χ0) is 19.8. The predicted octanol–water partition coefficient (Wildman–Crippen LogP) is 4.17. The van der Waals surface area contributed by atoms with E-state index in [0.29, 0.717) is 19.7 Å². The molecule has 146 valence electrons. The lowest BCUT2D eigenvalue weighted by atomic mass is 10.00. The van der Waals surface area contributed by atoms with Crippen molar-refractivity contribution in [3.63, 3.8) is 0 Å². The molecule has 0 fully saturated rings. The fourth-order valence-electron chi connectivity index (χ4n) is 3.47. The molecule has 0 aliphatic rings. The summed E-state index contributed by atoms with van der Waals surface area (Å²) in [4.78, 5) is 14.8. The van der Waals surface area contributed by atoms with Crippen LogP contribution in [-0.2, 0) is 16.1 Å². The number of hydrogen-bond donors (Lipinski definition) is 1. The van der Waals surface area contributed by atoms with Crippen LogP contribution >= 0.6 is 0 Å². The summed E-state index contributed by atoms with van der Waals surface area (Å²) in [6.07, 6.45) is 0. The molecule has 3 rings (SSSR count). The average molecular weight is 377 g/mol. The van der Waals surface area contributed by atoms with Crippen LogP contribution in [0.3, 0.4) is 0 Å². The quantitative estimate of drug-likeness (QED) is 0.610. The molecule has 3 aromatic carbocycles. The van der Waals surface area contributed by atoms with E-state index in [0.717, 1.165) is 12.1 Å². The van der Waals surface area contributed by atoms with Crippen LogP contribution in [0.2, 0.25) is 0 Å². The lowest BCUT2D eigenvalue weighted by Gasteiger charge is -2.23. The minimum atomic E-state index is -0.0559. The molecule has 0 aromatic heterocycles. The Morgan fingerprint density at radius 1 is 1.00 bits per heavy atom. The van der Waals surface area contributed by atoms with Gasteiger partial charge in [-0.05, 0) is 28.8 Å². The minimum absolute atomic E-state index is 0.0208. The first-order chi connectivity index (χ1) is 13.7. The van der Waals surface area contributed by atoms with Crippen molar-refractivity contribution in [2.24, 2.45) is 0 Å². The van der Waals surface area contributed by atoms with Crippen LogP contribution in [0.25, 0.3) is 10.8 Å². The average Bonchev–Trinajstić information content (AvgIpc) is 2.72. The Kier molecular flexibility index (Phi) is 7.18. The van der Waals surface area contributed by atoms with E-state index in [1.54, 1.807) is 7.11 Å². The minimum Gasteiger partial charge on any atom is -0.383 e. The highest BCUT2D eigenvalue weighted by Gasteiger charge is 2.15. The number of methoxy groups -OCH3 is 1. The predicted molar refractivity (Wildman–Crippen MR) is 114 cm³/mol. The number of fused-ring (bicyclic) bond motifs is 1. The number of nitrogens with zero attached hydrogens (tertiary/aromatic N) is 1. The lowest BCUT2D eigenvalue weighted by molar-refractivity contribution is -0.123. The van der Waals surface area contributed by atoms with E-state index in [-0.39, 0.29) is 11.9 Å². The Balaban J connectivity index is 1.66. The first-order valence-electron chi connectivity index (χ1n) is 9.69. The summed E-state index contributed by atoms with van der Waals surface area (Å²) in [6, 6.07) is 24.6. The second kappa shape index (κ2) is 10.0. The molecule has 1 atom stereocenters. The molecule has 1 amide bonds. The third kappa shape index (κ3) is 5.41. The van der Waals surface area contributed by atoms with Gasteiger partial charge in [-0.2, -0.15) is 0 Å². The highest BCUT2D eigenvalue weighted by molar-refractivity contribution is 5.87. The number of carbonyl (C=O) groups is 1. The molecule has 1 N–H and O–H groups in total. The van der Waals surface area contributed by atoms with Crippen molar-refractivity contribution in [3.8, 4) is 0 Å². The summed E-state index contributed by atoms with van der Waals surface area (Å²) < 4.78 is 5.22. The number of carbonyl (C=O) groups excluding carboxylic acids is 1. The zero-order valence-corrected chi connectivity index (χ0v) is 16.6. The summed E-state index contributed by atoms with van der Waals surface area (Å²) in [6.45, 7) is 4.41. The van der Waals surface area contributed by atoms with Gasteiger partial charge in [0.05, 0.1) is 19.2 Å². The fraction of sp³-hybridized carbons (Fsp3) is 0.292. The number of hydrogen-bond acceptors (Lipinski definition) is 3. The summed E-state index contributed by atoms with van der Waals surface area (Å²) in [5.41, 5.74) is 2.33. The first-order valence-corrected chi connectivity index (χ1v) is 9.69. The maximum absolute atomic E-state index is 12.7. The van der Waals surface area contributed by atoms with Gasteiger partial charge in [-0.1, -0.05) is 72.8 Å². The van der Waals surface area contributed by atoms with Crippen LogP contribution in [0.5, 0.6) is 0 Å². The number of benzene rings is 3. The van der Waals surface area contributed by atoms with Gasteiger partial charge in [0.15, 0.2) is 0 Å². The smallest absolute Gasteiger partial charge is 0.234 e. The molecule has 0 radical (unpaired) electrons. The molecule has 0 saturated carbocycles. The van der Waals surface area contributed by atoms with Crippen molar-refractivity contribution in [2.75, 3.05) is 26.8 Å². The van der Waals surface area contributed by atoms with Crippen molar-refractivity contribution in [2.45, 2.75) is 19.5 Å². The molecule has 0 aliphatic heterocycles. The molecule has 28 heavy (non-hydrogen) atoms. The van der Waals surface area contributed by atoms with Crippen LogP contribution in [0.4, 0.5) is 0 Å². The zero-order valence-electron chi connectivity index (χ0n) is 16.6. The molecule has 0 saturated heterocycles. The summed E-state index contributed by atoms with van der Waals surface area (Å²) in [5.74, 6) is 0.0208. The second-order valence-corrected chi connectivity index (χ2v) is 7.05. The molecule has 0 aliphatic carbocycles. The largest absolute Gasteiger partial charge is 0.383 e. The van der Waals surface area contributed by atoms with Crippen LogP contribution in [0, 0.1) is 0 Å².